The molecule has 190 valence electrons. The molecule has 4 atom stereocenters. The molecule has 0 saturated heterocycles. The molecule has 1 aromatic carbocycles. The zero-order valence-corrected chi connectivity index (χ0v) is 21.1. The van der Waals surface area contributed by atoms with E-state index in [9.17, 15) is 14.7 Å². The third kappa shape index (κ3) is 4.31. The van der Waals surface area contributed by atoms with E-state index >= 15 is 0 Å². The first kappa shape index (κ1) is 24.2. The van der Waals surface area contributed by atoms with Crippen LogP contribution in [0.5, 0.6) is 0 Å². The van der Waals surface area contributed by atoms with Crippen LogP contribution in [0.25, 0.3) is 11.0 Å². The van der Waals surface area contributed by atoms with Crippen LogP contribution in [0.3, 0.4) is 0 Å². The predicted octanol–water partition coefficient (Wildman–Crippen LogP) is 4.90. The summed E-state index contributed by atoms with van der Waals surface area (Å²) >= 11 is 0. The van der Waals surface area contributed by atoms with E-state index in [0.29, 0.717) is 19.3 Å². The normalized spacial score (nSPS) is 22.8. The van der Waals surface area contributed by atoms with Crippen molar-refractivity contribution in [1.82, 2.24) is 19.5 Å². The number of methoxy groups -OCH3 is 1. The van der Waals surface area contributed by atoms with Crippen LogP contribution in [0.15, 0.2) is 30.7 Å². The summed E-state index contributed by atoms with van der Waals surface area (Å²) in [6, 6.07) is 4.13. The van der Waals surface area contributed by atoms with Crippen molar-refractivity contribution in [2.75, 3.05) is 12.0 Å². The second kappa shape index (κ2) is 9.87. The van der Waals surface area contributed by atoms with Crippen molar-refractivity contribution in [2.24, 2.45) is 5.92 Å². The van der Waals surface area contributed by atoms with E-state index in [1.54, 1.807) is 23.5 Å². The second-order valence-electron chi connectivity index (χ2n) is 10.2. The van der Waals surface area contributed by atoms with E-state index in [2.05, 4.69) is 21.5 Å². The van der Waals surface area contributed by atoms with E-state index in [4.69, 9.17) is 9.72 Å². The number of aryl methyl sites for hydroxylation is 1. The number of nitrogens with zero attached hydrogens (tertiary/aromatic N) is 5. The van der Waals surface area contributed by atoms with Gasteiger partial charge in [-0.05, 0) is 51.2 Å². The molecule has 1 amide bonds. The highest BCUT2D eigenvalue weighted by Crippen LogP contribution is 2.42. The van der Waals surface area contributed by atoms with Crippen LogP contribution in [0.2, 0.25) is 0 Å². The zero-order chi connectivity index (χ0) is 25.4. The molecule has 0 bridgehead atoms. The highest BCUT2D eigenvalue weighted by molar-refractivity contribution is 5.95. The maximum Gasteiger partial charge on any atom is 0.414 e. The Labute approximate surface area is 210 Å². The fourth-order valence-electron chi connectivity index (χ4n) is 5.99. The fourth-order valence-corrected chi connectivity index (χ4v) is 5.99. The summed E-state index contributed by atoms with van der Waals surface area (Å²) in [6.45, 7) is 4.17. The standard InChI is InChI=1S/C27H33N5O4/c1-16(13-19-15-28-11-12-29-19)25-30-24-21-8-7-17(2)31(27(35)36-3)22(21)9-10-23(24)32(25)20-6-4-5-18(14-20)26(33)34/h9-12,15-18,20H,4-8,13-14H2,1-3H3,(H,33,34)/t16?,17-,18+,20+/m0/s1. The SMILES string of the molecule is COC(=O)N1c2ccc3c(nc(C(C)Cc4cnccn4)n3[C@@H]3CCC[C@@H](C(=O)O)C3)c2CC[C@@H]1C. The van der Waals surface area contributed by atoms with Gasteiger partial charge in [-0.1, -0.05) is 13.3 Å². The largest absolute Gasteiger partial charge is 0.481 e. The van der Waals surface area contributed by atoms with Gasteiger partial charge < -0.3 is 14.4 Å². The van der Waals surface area contributed by atoms with E-state index < -0.39 is 5.97 Å². The lowest BCUT2D eigenvalue weighted by atomic mass is 9.85. The predicted molar refractivity (Wildman–Crippen MR) is 135 cm³/mol. The van der Waals surface area contributed by atoms with Gasteiger partial charge in [0.05, 0.1) is 35.4 Å². The summed E-state index contributed by atoms with van der Waals surface area (Å²) in [4.78, 5) is 40.1. The molecule has 9 heteroatoms. The minimum atomic E-state index is -0.724. The number of fused-ring (bicyclic) bond motifs is 3. The Morgan fingerprint density at radius 3 is 2.78 bits per heavy atom. The number of benzene rings is 1. The van der Waals surface area contributed by atoms with Crippen molar-refractivity contribution in [3.8, 4) is 0 Å². The lowest BCUT2D eigenvalue weighted by Gasteiger charge is -2.34. The smallest absolute Gasteiger partial charge is 0.414 e. The van der Waals surface area contributed by atoms with Crippen LogP contribution in [0, 0.1) is 5.92 Å². The van der Waals surface area contributed by atoms with Crippen LogP contribution >= 0.6 is 0 Å². The highest BCUT2D eigenvalue weighted by Gasteiger charge is 2.35. The number of anilines is 1. The van der Waals surface area contributed by atoms with Crippen LogP contribution in [0.1, 0.15) is 75.0 Å². The van der Waals surface area contributed by atoms with E-state index in [0.717, 1.165) is 59.5 Å². The summed E-state index contributed by atoms with van der Waals surface area (Å²) in [5.41, 5.74) is 4.69. The summed E-state index contributed by atoms with van der Waals surface area (Å²) in [6.07, 6.45) is 10.2. The molecule has 1 saturated carbocycles. The maximum absolute atomic E-state index is 12.6. The highest BCUT2D eigenvalue weighted by atomic mass is 16.5. The molecule has 36 heavy (non-hydrogen) atoms. The molecule has 1 unspecified atom stereocenters. The molecule has 2 aliphatic rings. The number of carbonyl (C=O) groups excluding carboxylic acids is 1. The second-order valence-corrected chi connectivity index (χ2v) is 10.2. The van der Waals surface area contributed by atoms with Gasteiger partial charge in [0.1, 0.15) is 5.82 Å². The molecular formula is C27H33N5O4. The molecule has 3 aromatic rings. The number of aromatic nitrogens is 4. The zero-order valence-electron chi connectivity index (χ0n) is 21.1. The number of hydrogen-bond donors (Lipinski definition) is 1. The molecule has 1 aliphatic heterocycles. The quantitative estimate of drug-likeness (QED) is 0.541. The molecule has 5 rings (SSSR count). The van der Waals surface area contributed by atoms with Gasteiger partial charge in [-0.3, -0.25) is 19.7 Å². The lowest BCUT2D eigenvalue weighted by molar-refractivity contribution is -0.143. The van der Waals surface area contributed by atoms with Gasteiger partial charge in [0.15, 0.2) is 0 Å². The number of carbonyl (C=O) groups is 2. The van der Waals surface area contributed by atoms with Crippen LogP contribution < -0.4 is 4.90 Å². The Morgan fingerprint density at radius 2 is 2.06 bits per heavy atom. The molecular weight excluding hydrogens is 458 g/mol. The van der Waals surface area contributed by atoms with Crippen molar-refractivity contribution < 1.29 is 19.4 Å². The molecule has 3 heterocycles. The first-order valence-electron chi connectivity index (χ1n) is 12.8. The first-order valence-corrected chi connectivity index (χ1v) is 12.8. The fraction of sp³-hybridized carbons (Fsp3) is 0.519. The number of ether oxygens (including phenoxy) is 1. The lowest BCUT2D eigenvalue weighted by Crippen LogP contribution is -2.42. The van der Waals surface area contributed by atoms with Crippen LogP contribution in [0.4, 0.5) is 10.5 Å². The van der Waals surface area contributed by atoms with E-state index in [-0.39, 0.29) is 30.0 Å². The van der Waals surface area contributed by atoms with Gasteiger partial charge >= 0.3 is 12.1 Å². The topological polar surface area (TPSA) is 110 Å². The molecule has 2 aromatic heterocycles. The van der Waals surface area contributed by atoms with Gasteiger partial charge in [0.2, 0.25) is 0 Å². The van der Waals surface area contributed by atoms with Crippen molar-refractivity contribution >= 4 is 28.8 Å². The van der Waals surface area contributed by atoms with E-state index in [1.165, 1.54) is 7.11 Å². The average molecular weight is 492 g/mol. The summed E-state index contributed by atoms with van der Waals surface area (Å²) < 4.78 is 7.37. The van der Waals surface area contributed by atoms with Gasteiger partial charge in [-0.15, -0.1) is 0 Å². The number of aliphatic carboxylic acids is 1. The molecule has 9 nitrogen and oxygen atoms in total. The third-order valence-corrected chi connectivity index (χ3v) is 7.79. The van der Waals surface area contributed by atoms with Crippen molar-refractivity contribution in [3.63, 3.8) is 0 Å². The molecule has 1 fully saturated rings. The maximum atomic E-state index is 12.6. The molecule has 1 aliphatic carbocycles. The van der Waals surface area contributed by atoms with Crippen molar-refractivity contribution in [3.05, 3.63) is 47.8 Å². The van der Waals surface area contributed by atoms with Crippen molar-refractivity contribution in [2.45, 2.75) is 76.8 Å². The third-order valence-electron chi connectivity index (χ3n) is 7.79. The van der Waals surface area contributed by atoms with Gasteiger partial charge in [0, 0.05) is 48.6 Å². The number of hydrogen-bond acceptors (Lipinski definition) is 6. The monoisotopic (exact) mass is 491 g/mol. The average Bonchev–Trinajstić information content (AvgIpc) is 3.29. The number of imidazole rings is 1. The summed E-state index contributed by atoms with van der Waals surface area (Å²) in [5, 5.41) is 9.74. The first-order chi connectivity index (χ1) is 17.4. The van der Waals surface area contributed by atoms with E-state index in [1.807, 2.05) is 19.1 Å². The Balaban J connectivity index is 1.64. The van der Waals surface area contributed by atoms with Crippen molar-refractivity contribution in [1.29, 1.82) is 0 Å². The summed E-state index contributed by atoms with van der Waals surface area (Å²) in [5.74, 6) is -0.0893. The molecule has 1 N–H and O–H groups in total. The minimum Gasteiger partial charge on any atom is -0.481 e. The Hall–Kier alpha value is -3.49. The number of carboxylic acid groups (broad SMARTS) is 1. The number of rotatable bonds is 5. The Kier molecular flexibility index (Phi) is 6.64. The van der Waals surface area contributed by atoms with Gasteiger partial charge in [-0.25, -0.2) is 9.78 Å². The Morgan fingerprint density at radius 1 is 1.22 bits per heavy atom. The minimum absolute atomic E-state index is 0.0363. The Bertz CT molecular complexity index is 1270. The molecule has 0 spiro atoms. The van der Waals surface area contributed by atoms with Crippen LogP contribution in [-0.2, 0) is 22.4 Å². The number of amides is 1. The number of carboxylic acids is 1. The van der Waals surface area contributed by atoms with Gasteiger partial charge in [0.25, 0.3) is 0 Å². The van der Waals surface area contributed by atoms with Crippen LogP contribution in [-0.4, -0.2) is 49.8 Å². The molecule has 0 radical (unpaired) electrons. The van der Waals surface area contributed by atoms with Gasteiger partial charge in [-0.2, -0.15) is 0 Å². The summed E-state index contributed by atoms with van der Waals surface area (Å²) in [7, 11) is 1.41.